The smallest absolute Gasteiger partial charge is 0.495 e. The molecule has 1 heterocycles. The first-order valence-electron chi connectivity index (χ1n) is 8.94. The number of aromatic nitrogens is 2. The highest BCUT2D eigenvalue weighted by Gasteiger charge is 2.31. The molecular weight excluding hydrogens is 453 g/mol. The lowest BCUT2D eigenvalue weighted by molar-refractivity contribution is -0.274. The molecule has 0 spiro atoms. The van der Waals surface area contributed by atoms with Gasteiger partial charge in [-0.2, -0.15) is 4.98 Å². The standard InChI is InChI=1S/C20H16ClF3N4O4/c1-31-16-6-5-12(21)8-15(16)26-17-9-14(27-19(28-17)25-10-18(29)30)11-3-2-4-13(7-11)32-20(22,23)24/h2-9H,10H2,1H3,(H,29,30)(H2,25,26,27,28). The van der Waals surface area contributed by atoms with E-state index < -0.39 is 24.6 Å². The highest BCUT2D eigenvalue weighted by Crippen LogP contribution is 2.32. The van der Waals surface area contributed by atoms with Gasteiger partial charge in [0.15, 0.2) is 0 Å². The fourth-order valence-corrected chi connectivity index (χ4v) is 2.83. The summed E-state index contributed by atoms with van der Waals surface area (Å²) in [6.07, 6.45) is -4.85. The molecule has 0 amide bonds. The molecule has 0 aliphatic heterocycles. The van der Waals surface area contributed by atoms with Crippen molar-refractivity contribution >= 4 is 35.0 Å². The number of hydrogen-bond acceptors (Lipinski definition) is 7. The van der Waals surface area contributed by atoms with Crippen LogP contribution < -0.4 is 20.1 Å². The number of anilines is 3. The lowest BCUT2D eigenvalue weighted by atomic mass is 10.1. The van der Waals surface area contributed by atoms with Gasteiger partial charge in [-0.3, -0.25) is 4.79 Å². The molecule has 0 bridgehead atoms. The molecule has 0 saturated carbocycles. The van der Waals surface area contributed by atoms with E-state index in [2.05, 4.69) is 25.3 Å². The van der Waals surface area contributed by atoms with E-state index in [9.17, 15) is 18.0 Å². The molecule has 3 aromatic rings. The Balaban J connectivity index is 2.01. The summed E-state index contributed by atoms with van der Waals surface area (Å²) in [5.74, 6) is -0.971. The second kappa shape index (κ2) is 9.60. The van der Waals surface area contributed by atoms with Crippen molar-refractivity contribution in [3.8, 4) is 22.8 Å². The number of nitrogens with one attached hydrogen (secondary N) is 2. The number of methoxy groups -OCH3 is 1. The van der Waals surface area contributed by atoms with E-state index >= 15 is 0 Å². The molecule has 0 radical (unpaired) electrons. The van der Waals surface area contributed by atoms with Crippen LogP contribution >= 0.6 is 11.6 Å². The maximum Gasteiger partial charge on any atom is 0.573 e. The average Bonchev–Trinajstić information content (AvgIpc) is 2.71. The normalized spacial score (nSPS) is 11.0. The van der Waals surface area contributed by atoms with Gasteiger partial charge in [0.05, 0.1) is 18.5 Å². The molecule has 8 nitrogen and oxygen atoms in total. The van der Waals surface area contributed by atoms with Crippen LogP contribution in [-0.2, 0) is 4.79 Å². The summed E-state index contributed by atoms with van der Waals surface area (Å²) in [5, 5.41) is 14.9. The van der Waals surface area contributed by atoms with Crippen molar-refractivity contribution in [1.29, 1.82) is 0 Å². The van der Waals surface area contributed by atoms with E-state index in [-0.39, 0.29) is 23.0 Å². The molecule has 0 saturated heterocycles. The molecule has 12 heteroatoms. The van der Waals surface area contributed by atoms with Crippen LogP contribution in [0.4, 0.5) is 30.6 Å². The van der Waals surface area contributed by atoms with Crippen molar-refractivity contribution < 1.29 is 32.5 Å². The molecule has 0 atom stereocenters. The SMILES string of the molecule is COc1ccc(Cl)cc1Nc1cc(-c2cccc(OC(F)(F)F)c2)nc(NCC(=O)O)n1. The summed E-state index contributed by atoms with van der Waals surface area (Å²) >= 11 is 6.04. The number of rotatable bonds is 8. The first-order valence-corrected chi connectivity index (χ1v) is 9.32. The molecule has 2 aromatic carbocycles. The Hall–Kier alpha value is -3.73. The number of nitrogens with zero attached hydrogens (tertiary/aromatic N) is 2. The first-order chi connectivity index (χ1) is 15.1. The minimum Gasteiger partial charge on any atom is -0.495 e. The fourth-order valence-electron chi connectivity index (χ4n) is 2.66. The Labute approximate surface area is 185 Å². The molecule has 3 N–H and O–H groups in total. The number of halogens is 4. The minimum atomic E-state index is -4.85. The maximum absolute atomic E-state index is 12.6. The zero-order valence-corrected chi connectivity index (χ0v) is 17.2. The first kappa shape index (κ1) is 22.9. The topological polar surface area (TPSA) is 106 Å². The molecule has 168 valence electrons. The van der Waals surface area contributed by atoms with Crippen LogP contribution in [0.1, 0.15) is 0 Å². The number of carboxylic acids is 1. The maximum atomic E-state index is 12.6. The predicted octanol–water partition coefficient (Wildman–Crippen LogP) is 4.94. The van der Waals surface area contributed by atoms with Gasteiger partial charge in [-0.25, -0.2) is 4.98 Å². The summed E-state index contributed by atoms with van der Waals surface area (Å²) in [7, 11) is 1.46. The van der Waals surface area contributed by atoms with E-state index in [1.165, 1.54) is 25.3 Å². The molecule has 32 heavy (non-hydrogen) atoms. The quantitative estimate of drug-likeness (QED) is 0.426. The number of benzene rings is 2. The monoisotopic (exact) mass is 468 g/mol. The van der Waals surface area contributed by atoms with E-state index in [1.807, 2.05) is 0 Å². The number of carbonyl (C=O) groups is 1. The largest absolute Gasteiger partial charge is 0.573 e. The van der Waals surface area contributed by atoms with Crippen molar-refractivity contribution in [2.24, 2.45) is 0 Å². The van der Waals surface area contributed by atoms with Gasteiger partial charge in [0, 0.05) is 16.7 Å². The molecule has 3 rings (SSSR count). The summed E-state index contributed by atoms with van der Waals surface area (Å²) < 4.78 is 47.0. The second-order valence-electron chi connectivity index (χ2n) is 6.25. The average molecular weight is 469 g/mol. The number of ether oxygens (including phenoxy) is 2. The Morgan fingerprint density at radius 3 is 2.62 bits per heavy atom. The third-order valence-corrected chi connectivity index (χ3v) is 4.15. The van der Waals surface area contributed by atoms with Crippen LogP contribution in [0, 0.1) is 0 Å². The van der Waals surface area contributed by atoms with Gasteiger partial charge in [-0.1, -0.05) is 23.7 Å². The third-order valence-electron chi connectivity index (χ3n) is 3.91. The van der Waals surface area contributed by atoms with Crippen molar-refractivity contribution in [2.45, 2.75) is 6.36 Å². The number of hydrogen-bond donors (Lipinski definition) is 3. The molecule has 0 aliphatic rings. The van der Waals surface area contributed by atoms with Crippen LogP contribution in [0.5, 0.6) is 11.5 Å². The van der Waals surface area contributed by atoms with Gasteiger partial charge >= 0.3 is 12.3 Å². The van der Waals surface area contributed by atoms with Gasteiger partial charge in [-0.05, 0) is 30.3 Å². The fraction of sp³-hybridized carbons (Fsp3) is 0.150. The Morgan fingerprint density at radius 1 is 1.16 bits per heavy atom. The molecular formula is C20H16ClF3N4O4. The van der Waals surface area contributed by atoms with E-state index in [0.29, 0.717) is 16.5 Å². The number of carboxylic acid groups (broad SMARTS) is 1. The van der Waals surface area contributed by atoms with E-state index in [4.69, 9.17) is 21.4 Å². The third kappa shape index (κ3) is 6.38. The van der Waals surface area contributed by atoms with Gasteiger partial charge in [0.2, 0.25) is 5.95 Å². The lowest BCUT2D eigenvalue weighted by Gasteiger charge is -2.14. The van der Waals surface area contributed by atoms with E-state index in [1.54, 1.807) is 18.2 Å². The molecule has 1 aromatic heterocycles. The highest BCUT2D eigenvalue weighted by atomic mass is 35.5. The number of alkyl halides is 3. The lowest BCUT2D eigenvalue weighted by Crippen LogP contribution is -2.17. The predicted molar refractivity (Wildman–Crippen MR) is 112 cm³/mol. The molecule has 0 fully saturated rings. The van der Waals surface area contributed by atoms with Crippen molar-refractivity contribution in [3.63, 3.8) is 0 Å². The minimum absolute atomic E-state index is 0.0597. The van der Waals surface area contributed by atoms with Crippen LogP contribution in [0.3, 0.4) is 0 Å². The van der Waals surface area contributed by atoms with Gasteiger partial charge in [-0.15, -0.1) is 13.2 Å². The highest BCUT2D eigenvalue weighted by molar-refractivity contribution is 6.31. The van der Waals surface area contributed by atoms with Gasteiger partial charge < -0.3 is 25.2 Å². The van der Waals surface area contributed by atoms with Crippen LogP contribution in [0.15, 0.2) is 48.5 Å². The Bertz CT molecular complexity index is 1130. The summed E-state index contributed by atoms with van der Waals surface area (Å²) in [4.78, 5) is 19.3. The molecule has 0 unspecified atom stereocenters. The number of aliphatic carboxylic acids is 1. The summed E-state index contributed by atoms with van der Waals surface area (Å²) in [5.41, 5.74) is 0.959. The second-order valence-corrected chi connectivity index (χ2v) is 6.69. The molecule has 0 aliphatic carbocycles. The van der Waals surface area contributed by atoms with Crippen LogP contribution in [0.25, 0.3) is 11.3 Å². The summed E-state index contributed by atoms with van der Waals surface area (Å²) in [6, 6.07) is 11.5. The van der Waals surface area contributed by atoms with Crippen molar-refractivity contribution in [1.82, 2.24) is 9.97 Å². The van der Waals surface area contributed by atoms with Crippen LogP contribution in [-0.4, -0.2) is 41.1 Å². The zero-order valence-electron chi connectivity index (χ0n) is 16.4. The Kier molecular flexibility index (Phi) is 6.89. The van der Waals surface area contributed by atoms with Crippen molar-refractivity contribution in [3.05, 3.63) is 53.6 Å². The van der Waals surface area contributed by atoms with E-state index in [0.717, 1.165) is 12.1 Å². The Morgan fingerprint density at radius 2 is 1.94 bits per heavy atom. The summed E-state index contributed by atoms with van der Waals surface area (Å²) in [6.45, 7) is -0.472. The van der Waals surface area contributed by atoms with Crippen molar-refractivity contribution in [2.75, 3.05) is 24.3 Å². The zero-order chi connectivity index (χ0) is 23.3. The van der Waals surface area contributed by atoms with Crippen LogP contribution in [0.2, 0.25) is 5.02 Å². The van der Waals surface area contributed by atoms with Gasteiger partial charge in [0.1, 0.15) is 23.9 Å². The van der Waals surface area contributed by atoms with Gasteiger partial charge in [0.25, 0.3) is 0 Å².